The highest BCUT2D eigenvalue weighted by Crippen LogP contribution is 2.27. The average Bonchev–Trinajstić information content (AvgIpc) is 2.83. The van der Waals surface area contributed by atoms with E-state index in [1.807, 2.05) is 4.57 Å². The zero-order chi connectivity index (χ0) is 15.2. The zero-order valence-corrected chi connectivity index (χ0v) is 12.9. The van der Waals surface area contributed by atoms with Crippen molar-refractivity contribution in [3.63, 3.8) is 0 Å². The number of hydrogen-bond acceptors (Lipinski definition) is 6. The minimum absolute atomic E-state index is 0.0349. The molecule has 21 heavy (non-hydrogen) atoms. The number of carboxylic acid groups (broad SMARTS) is 1. The number of aryl methyl sites for hydroxylation is 1. The number of aliphatic carboxylic acids is 1. The maximum atomic E-state index is 10.8. The second-order valence-electron chi connectivity index (χ2n) is 4.49. The van der Waals surface area contributed by atoms with Crippen LogP contribution in [0.25, 0.3) is 11.2 Å². The Morgan fingerprint density at radius 3 is 2.90 bits per heavy atom. The number of unbranched alkanes of at least 4 members (excludes halogenated alkanes) is 2. The van der Waals surface area contributed by atoms with Crippen LogP contribution < -0.4 is 4.74 Å². The average molecular weight is 310 g/mol. The molecule has 2 rings (SSSR count). The molecule has 0 aliphatic rings. The summed E-state index contributed by atoms with van der Waals surface area (Å²) in [6, 6.07) is 0. The van der Waals surface area contributed by atoms with Gasteiger partial charge < -0.3 is 14.4 Å². The minimum Gasteiger partial charge on any atom is -0.481 e. The smallest absolute Gasteiger partial charge is 0.313 e. The van der Waals surface area contributed by atoms with E-state index in [4.69, 9.17) is 9.84 Å². The molecule has 0 radical (unpaired) electrons. The fourth-order valence-corrected chi connectivity index (χ4v) is 2.75. The molecule has 0 aliphatic heterocycles. The van der Waals surface area contributed by atoms with Gasteiger partial charge in [-0.05, 0) is 6.42 Å². The van der Waals surface area contributed by atoms with Gasteiger partial charge in [0.15, 0.2) is 16.3 Å². The van der Waals surface area contributed by atoms with Gasteiger partial charge in [-0.15, -0.1) is 0 Å². The number of aromatic nitrogens is 4. The molecule has 0 aromatic carbocycles. The third-order valence-electron chi connectivity index (χ3n) is 2.97. The number of nitrogens with zero attached hydrogens (tertiary/aromatic N) is 4. The van der Waals surface area contributed by atoms with Crippen molar-refractivity contribution < 1.29 is 14.6 Å². The van der Waals surface area contributed by atoms with Crippen LogP contribution in [-0.2, 0) is 11.3 Å². The molecule has 0 amide bonds. The maximum Gasteiger partial charge on any atom is 0.313 e. The monoisotopic (exact) mass is 310 g/mol. The summed E-state index contributed by atoms with van der Waals surface area (Å²) < 4.78 is 7.14. The molecular weight excluding hydrogens is 292 g/mol. The van der Waals surface area contributed by atoms with E-state index in [2.05, 4.69) is 21.9 Å². The van der Waals surface area contributed by atoms with Crippen LogP contribution in [0.5, 0.6) is 5.88 Å². The van der Waals surface area contributed by atoms with Gasteiger partial charge in [0.05, 0.1) is 12.9 Å². The lowest BCUT2D eigenvalue weighted by Gasteiger charge is -2.07. The summed E-state index contributed by atoms with van der Waals surface area (Å²) in [5.74, 6) is -0.496. The van der Waals surface area contributed by atoms with E-state index >= 15 is 0 Å². The predicted molar refractivity (Wildman–Crippen MR) is 79.8 cm³/mol. The molecule has 1 N–H and O–H groups in total. The Balaban J connectivity index is 2.38. The van der Waals surface area contributed by atoms with Gasteiger partial charge in [-0.2, -0.15) is 4.98 Å². The first-order valence-corrected chi connectivity index (χ1v) is 7.75. The van der Waals surface area contributed by atoms with Crippen LogP contribution in [0.15, 0.2) is 11.5 Å². The third-order valence-corrected chi connectivity index (χ3v) is 3.93. The Labute approximate surface area is 126 Å². The number of imidazole rings is 1. The van der Waals surface area contributed by atoms with Crippen molar-refractivity contribution in [3.05, 3.63) is 6.33 Å². The summed E-state index contributed by atoms with van der Waals surface area (Å²) in [6.07, 6.45) is 4.65. The Hall–Kier alpha value is -1.83. The van der Waals surface area contributed by atoms with Crippen LogP contribution in [0, 0.1) is 0 Å². The lowest BCUT2D eigenvalue weighted by atomic mass is 10.2. The summed E-state index contributed by atoms with van der Waals surface area (Å²) in [7, 11) is 1.53. The van der Waals surface area contributed by atoms with Crippen molar-refractivity contribution >= 4 is 28.9 Å². The Bertz CT molecular complexity index is 629. The minimum atomic E-state index is -0.870. The van der Waals surface area contributed by atoms with E-state index < -0.39 is 5.97 Å². The molecule has 114 valence electrons. The van der Waals surface area contributed by atoms with Crippen molar-refractivity contribution in [3.8, 4) is 5.88 Å². The number of methoxy groups -OCH3 is 1. The summed E-state index contributed by atoms with van der Waals surface area (Å²) in [6.45, 7) is 2.89. The van der Waals surface area contributed by atoms with E-state index in [0.717, 1.165) is 25.8 Å². The van der Waals surface area contributed by atoms with Crippen LogP contribution >= 0.6 is 11.8 Å². The number of fused-ring (bicyclic) bond motifs is 1. The van der Waals surface area contributed by atoms with E-state index in [-0.39, 0.29) is 5.75 Å². The van der Waals surface area contributed by atoms with Crippen molar-refractivity contribution in [1.82, 2.24) is 19.5 Å². The Morgan fingerprint density at radius 2 is 2.24 bits per heavy atom. The van der Waals surface area contributed by atoms with Crippen molar-refractivity contribution in [2.24, 2.45) is 0 Å². The predicted octanol–water partition coefficient (Wildman–Crippen LogP) is 2.20. The molecule has 0 saturated heterocycles. The molecule has 2 aromatic heterocycles. The van der Waals surface area contributed by atoms with Crippen LogP contribution in [0.1, 0.15) is 26.2 Å². The highest BCUT2D eigenvalue weighted by Gasteiger charge is 2.17. The molecule has 0 spiro atoms. The van der Waals surface area contributed by atoms with Gasteiger partial charge in [0.25, 0.3) is 0 Å². The third kappa shape index (κ3) is 3.63. The SMILES string of the molecule is CCCCCn1c(SCC(=O)O)nc2c(OC)ncnc21. The largest absolute Gasteiger partial charge is 0.481 e. The molecule has 0 fully saturated rings. The van der Waals surface area contributed by atoms with E-state index in [0.29, 0.717) is 22.2 Å². The van der Waals surface area contributed by atoms with Crippen molar-refractivity contribution in [2.75, 3.05) is 12.9 Å². The van der Waals surface area contributed by atoms with Crippen molar-refractivity contribution in [1.29, 1.82) is 0 Å². The fourth-order valence-electron chi connectivity index (χ4n) is 2.00. The molecule has 0 aliphatic carbocycles. The number of carboxylic acids is 1. The van der Waals surface area contributed by atoms with Gasteiger partial charge in [-0.1, -0.05) is 31.5 Å². The number of thioether (sulfide) groups is 1. The fraction of sp³-hybridized carbons (Fsp3) is 0.538. The summed E-state index contributed by atoms with van der Waals surface area (Å²) in [4.78, 5) is 23.5. The molecule has 0 bridgehead atoms. The highest BCUT2D eigenvalue weighted by molar-refractivity contribution is 7.99. The molecule has 8 heteroatoms. The summed E-state index contributed by atoms with van der Waals surface area (Å²) >= 11 is 1.19. The topological polar surface area (TPSA) is 90.1 Å². The van der Waals surface area contributed by atoms with Gasteiger partial charge in [-0.3, -0.25) is 4.79 Å². The second-order valence-corrected chi connectivity index (χ2v) is 5.43. The van der Waals surface area contributed by atoms with Crippen LogP contribution in [0.4, 0.5) is 0 Å². The highest BCUT2D eigenvalue weighted by atomic mass is 32.2. The quantitative estimate of drug-likeness (QED) is 0.590. The second kappa shape index (κ2) is 7.26. The standard InChI is InChI=1S/C13H18N4O3S/c1-3-4-5-6-17-11-10(12(20-2)15-8-14-11)16-13(17)21-7-9(18)19/h8H,3-7H2,1-2H3,(H,18,19). The van der Waals surface area contributed by atoms with Gasteiger partial charge >= 0.3 is 5.97 Å². The molecule has 2 aromatic rings. The molecular formula is C13H18N4O3S. The Kier molecular flexibility index (Phi) is 5.38. The number of ether oxygens (including phenoxy) is 1. The number of hydrogen-bond donors (Lipinski definition) is 1. The van der Waals surface area contributed by atoms with Crippen molar-refractivity contribution in [2.45, 2.75) is 37.9 Å². The Morgan fingerprint density at radius 1 is 1.43 bits per heavy atom. The normalized spacial score (nSPS) is 11.0. The van der Waals surface area contributed by atoms with Gasteiger partial charge in [0, 0.05) is 6.54 Å². The van der Waals surface area contributed by atoms with E-state index in [9.17, 15) is 4.79 Å². The summed E-state index contributed by atoms with van der Waals surface area (Å²) in [5, 5.41) is 9.49. The summed E-state index contributed by atoms with van der Waals surface area (Å²) in [5.41, 5.74) is 1.26. The lowest BCUT2D eigenvalue weighted by molar-refractivity contribution is -0.133. The number of rotatable bonds is 8. The molecule has 0 saturated carbocycles. The molecule has 2 heterocycles. The molecule has 0 unspecified atom stereocenters. The van der Waals surface area contributed by atoms with Gasteiger partial charge in [0.2, 0.25) is 5.88 Å². The maximum absolute atomic E-state index is 10.8. The van der Waals surface area contributed by atoms with E-state index in [1.54, 1.807) is 0 Å². The van der Waals surface area contributed by atoms with Crippen LogP contribution in [0.2, 0.25) is 0 Å². The van der Waals surface area contributed by atoms with Gasteiger partial charge in [0.1, 0.15) is 6.33 Å². The molecule has 0 atom stereocenters. The first-order valence-electron chi connectivity index (χ1n) is 6.77. The zero-order valence-electron chi connectivity index (χ0n) is 12.1. The lowest BCUT2D eigenvalue weighted by Crippen LogP contribution is -2.04. The first kappa shape index (κ1) is 15.6. The molecule has 7 nitrogen and oxygen atoms in total. The van der Waals surface area contributed by atoms with Crippen LogP contribution in [-0.4, -0.2) is 43.5 Å². The van der Waals surface area contributed by atoms with E-state index in [1.165, 1.54) is 25.2 Å². The number of carbonyl (C=O) groups is 1. The van der Waals surface area contributed by atoms with Gasteiger partial charge in [-0.25, -0.2) is 9.97 Å². The first-order chi connectivity index (χ1) is 10.2. The van der Waals surface area contributed by atoms with Crippen LogP contribution in [0.3, 0.4) is 0 Å².